The lowest BCUT2D eigenvalue weighted by atomic mass is 10.2. The van der Waals surface area contributed by atoms with Crippen molar-refractivity contribution in [2.24, 2.45) is 0 Å². The molecule has 1 aromatic rings. The minimum atomic E-state index is -0.547. The number of benzene rings is 1. The van der Waals surface area contributed by atoms with Gasteiger partial charge in [0.25, 0.3) is 0 Å². The van der Waals surface area contributed by atoms with Crippen molar-refractivity contribution in [2.45, 2.75) is 45.4 Å². The predicted octanol–water partition coefficient (Wildman–Crippen LogP) is 2.43. The van der Waals surface area contributed by atoms with Crippen molar-refractivity contribution in [3.63, 3.8) is 0 Å². The predicted molar refractivity (Wildman–Crippen MR) is 89.1 cm³/mol. The molecule has 7 heteroatoms. The fraction of sp³-hybridized carbons (Fsp3) is 0.529. The first-order chi connectivity index (χ1) is 11.3. The lowest BCUT2D eigenvalue weighted by Crippen LogP contribution is -2.47. The van der Waals surface area contributed by atoms with Crippen LogP contribution < -0.4 is 10.9 Å². The van der Waals surface area contributed by atoms with Crippen LogP contribution in [-0.4, -0.2) is 41.8 Å². The molecule has 0 spiro atoms. The molecule has 0 bridgehead atoms. The van der Waals surface area contributed by atoms with Crippen LogP contribution in [0.2, 0.25) is 0 Å². The summed E-state index contributed by atoms with van der Waals surface area (Å²) in [5, 5.41) is 0. The second-order valence-electron chi connectivity index (χ2n) is 6.74. The summed E-state index contributed by atoms with van der Waals surface area (Å²) in [6, 6.07) is 9.52. The molecule has 2 N–H and O–H groups in total. The van der Waals surface area contributed by atoms with E-state index in [-0.39, 0.29) is 18.7 Å². The first kappa shape index (κ1) is 18.1. The summed E-state index contributed by atoms with van der Waals surface area (Å²) >= 11 is 0. The van der Waals surface area contributed by atoms with E-state index in [1.54, 1.807) is 25.7 Å². The summed E-state index contributed by atoms with van der Waals surface area (Å²) in [4.78, 5) is 25.3. The second kappa shape index (κ2) is 8.01. The maximum Gasteiger partial charge on any atom is 0.422 e. The minimum absolute atomic E-state index is 0.0261. The highest BCUT2D eigenvalue weighted by Crippen LogP contribution is 2.12. The molecular formula is C17H25N3O4. The van der Waals surface area contributed by atoms with E-state index in [0.717, 1.165) is 12.0 Å². The Bertz CT molecular complexity index is 557. The van der Waals surface area contributed by atoms with Crippen molar-refractivity contribution < 1.29 is 19.1 Å². The maximum atomic E-state index is 12.1. The van der Waals surface area contributed by atoms with E-state index in [1.807, 2.05) is 30.3 Å². The summed E-state index contributed by atoms with van der Waals surface area (Å²) in [6.45, 7) is 6.71. The Balaban J connectivity index is 1.68. The fourth-order valence-corrected chi connectivity index (χ4v) is 2.32. The molecule has 132 valence electrons. The molecule has 1 aromatic carbocycles. The molecule has 0 aliphatic carbocycles. The molecule has 1 fully saturated rings. The van der Waals surface area contributed by atoms with Crippen molar-refractivity contribution in [1.82, 2.24) is 15.8 Å². The average Bonchev–Trinajstić information content (AvgIpc) is 2.99. The van der Waals surface area contributed by atoms with Crippen LogP contribution in [-0.2, 0) is 16.1 Å². The van der Waals surface area contributed by atoms with Crippen molar-refractivity contribution in [1.29, 1.82) is 0 Å². The van der Waals surface area contributed by atoms with Crippen molar-refractivity contribution in [3.8, 4) is 0 Å². The third kappa shape index (κ3) is 6.08. The molecule has 1 heterocycles. The van der Waals surface area contributed by atoms with Crippen LogP contribution in [0.15, 0.2) is 30.3 Å². The fourth-order valence-electron chi connectivity index (χ4n) is 2.32. The number of rotatable bonds is 4. The highest BCUT2D eigenvalue weighted by atomic mass is 16.6. The molecule has 1 unspecified atom stereocenters. The molecule has 1 atom stereocenters. The van der Waals surface area contributed by atoms with Crippen LogP contribution in [0.25, 0.3) is 0 Å². The van der Waals surface area contributed by atoms with Gasteiger partial charge in [0.15, 0.2) is 0 Å². The van der Waals surface area contributed by atoms with Gasteiger partial charge >= 0.3 is 12.2 Å². The molecule has 0 radical (unpaired) electrons. The zero-order valence-corrected chi connectivity index (χ0v) is 14.4. The van der Waals surface area contributed by atoms with E-state index in [4.69, 9.17) is 9.47 Å². The Labute approximate surface area is 142 Å². The monoisotopic (exact) mass is 335 g/mol. The Morgan fingerprint density at radius 3 is 2.62 bits per heavy atom. The van der Waals surface area contributed by atoms with Gasteiger partial charge in [-0.2, -0.15) is 0 Å². The van der Waals surface area contributed by atoms with Gasteiger partial charge in [-0.15, -0.1) is 0 Å². The van der Waals surface area contributed by atoms with Gasteiger partial charge in [-0.1, -0.05) is 30.3 Å². The largest absolute Gasteiger partial charge is 0.445 e. The number of carbonyl (C=O) groups is 2. The summed E-state index contributed by atoms with van der Waals surface area (Å²) in [6.07, 6.45) is -0.149. The van der Waals surface area contributed by atoms with Crippen LogP contribution in [0.4, 0.5) is 9.59 Å². The molecule has 2 amide bonds. The third-order valence-corrected chi connectivity index (χ3v) is 3.43. The number of carbonyl (C=O) groups excluding carboxylic acids is 2. The Morgan fingerprint density at radius 2 is 1.96 bits per heavy atom. The number of nitrogens with zero attached hydrogens (tertiary/aromatic N) is 1. The van der Waals surface area contributed by atoms with Gasteiger partial charge in [-0.3, -0.25) is 5.43 Å². The summed E-state index contributed by atoms with van der Waals surface area (Å²) in [5.74, 6) is 0. The van der Waals surface area contributed by atoms with Crippen molar-refractivity contribution >= 4 is 12.2 Å². The number of likely N-dealkylation sites (tertiary alicyclic amines) is 1. The van der Waals surface area contributed by atoms with Gasteiger partial charge in [0.1, 0.15) is 12.2 Å². The molecule has 7 nitrogen and oxygen atoms in total. The van der Waals surface area contributed by atoms with Crippen molar-refractivity contribution in [3.05, 3.63) is 35.9 Å². The normalized spacial score (nSPS) is 17.5. The number of hydrogen-bond acceptors (Lipinski definition) is 5. The highest BCUT2D eigenvalue weighted by Gasteiger charge is 2.28. The van der Waals surface area contributed by atoms with Gasteiger partial charge in [-0.25, -0.2) is 15.0 Å². The zero-order valence-electron chi connectivity index (χ0n) is 14.4. The Kier molecular flexibility index (Phi) is 6.03. The van der Waals surface area contributed by atoms with E-state index in [2.05, 4.69) is 10.9 Å². The maximum absolute atomic E-state index is 12.1. The second-order valence-corrected chi connectivity index (χ2v) is 6.74. The van der Waals surface area contributed by atoms with Crippen LogP contribution in [0, 0.1) is 0 Å². The SMILES string of the molecule is CC(C)(C)OC(=O)NNC1CCN(C(=O)OCc2ccccc2)C1. The van der Waals surface area contributed by atoms with E-state index < -0.39 is 11.7 Å². The molecule has 0 aromatic heterocycles. The molecular weight excluding hydrogens is 310 g/mol. The van der Waals surface area contributed by atoms with Crippen LogP contribution >= 0.6 is 0 Å². The van der Waals surface area contributed by atoms with Crippen LogP contribution in [0.1, 0.15) is 32.8 Å². The Morgan fingerprint density at radius 1 is 1.25 bits per heavy atom. The number of amides is 2. The zero-order chi connectivity index (χ0) is 17.6. The van der Waals surface area contributed by atoms with E-state index in [9.17, 15) is 9.59 Å². The summed E-state index contributed by atoms with van der Waals surface area (Å²) in [7, 11) is 0. The lowest BCUT2D eigenvalue weighted by Gasteiger charge is -2.21. The first-order valence-corrected chi connectivity index (χ1v) is 8.03. The van der Waals surface area contributed by atoms with Gasteiger partial charge < -0.3 is 14.4 Å². The molecule has 0 saturated carbocycles. The van der Waals surface area contributed by atoms with Crippen LogP contribution in [0.3, 0.4) is 0 Å². The first-order valence-electron chi connectivity index (χ1n) is 8.03. The van der Waals surface area contributed by atoms with Gasteiger partial charge in [0, 0.05) is 19.1 Å². The molecule has 1 saturated heterocycles. The lowest BCUT2D eigenvalue weighted by molar-refractivity contribution is 0.0488. The van der Waals surface area contributed by atoms with Crippen LogP contribution in [0.5, 0.6) is 0 Å². The standard InChI is InChI=1S/C17H25N3O4/c1-17(2,3)24-15(21)19-18-14-9-10-20(11-14)16(22)23-12-13-7-5-4-6-8-13/h4-8,14,18H,9-12H2,1-3H3,(H,19,21). The Hall–Kier alpha value is -2.28. The van der Waals surface area contributed by atoms with Gasteiger partial charge in [-0.05, 0) is 32.8 Å². The van der Waals surface area contributed by atoms with Gasteiger partial charge in [0.05, 0.1) is 0 Å². The molecule has 24 heavy (non-hydrogen) atoms. The average molecular weight is 335 g/mol. The highest BCUT2D eigenvalue weighted by molar-refractivity contribution is 5.68. The van der Waals surface area contributed by atoms with E-state index in [1.165, 1.54) is 0 Å². The molecule has 1 aliphatic rings. The number of hydrazine groups is 1. The molecule has 1 aliphatic heterocycles. The third-order valence-electron chi connectivity index (χ3n) is 3.43. The minimum Gasteiger partial charge on any atom is -0.445 e. The van der Waals surface area contributed by atoms with Crippen molar-refractivity contribution in [2.75, 3.05) is 13.1 Å². The van der Waals surface area contributed by atoms with Gasteiger partial charge in [0.2, 0.25) is 0 Å². The summed E-state index contributed by atoms with van der Waals surface area (Å²) in [5.41, 5.74) is 5.80. The molecule has 2 rings (SSSR count). The number of nitrogens with one attached hydrogen (secondary N) is 2. The smallest absolute Gasteiger partial charge is 0.422 e. The summed E-state index contributed by atoms with van der Waals surface area (Å²) < 4.78 is 10.4. The number of hydrogen-bond donors (Lipinski definition) is 2. The topological polar surface area (TPSA) is 79.9 Å². The van der Waals surface area contributed by atoms with E-state index in [0.29, 0.717) is 13.1 Å². The van der Waals surface area contributed by atoms with E-state index >= 15 is 0 Å². The number of ether oxygens (including phenoxy) is 2. The quantitative estimate of drug-likeness (QED) is 0.826.